The molecule has 0 heterocycles. The molecule has 0 spiro atoms. The number of hydrogen-bond acceptors (Lipinski definition) is 5. The fourth-order valence-electron chi connectivity index (χ4n) is 1.44. The van der Waals surface area contributed by atoms with E-state index in [-0.39, 0.29) is 23.2 Å². The van der Waals surface area contributed by atoms with E-state index in [2.05, 4.69) is 15.9 Å². The van der Waals surface area contributed by atoms with Crippen LogP contribution in [0.1, 0.15) is 23.7 Å². The second-order valence-electron chi connectivity index (χ2n) is 4.06. The molecule has 0 amide bonds. The van der Waals surface area contributed by atoms with E-state index in [0.717, 1.165) is 18.6 Å². The largest absolute Gasteiger partial charge is 0.460 e. The zero-order chi connectivity index (χ0) is 16.0. The van der Waals surface area contributed by atoms with Crippen molar-refractivity contribution in [1.29, 1.82) is 0 Å². The van der Waals surface area contributed by atoms with Crippen LogP contribution >= 0.6 is 15.9 Å². The molecule has 9 heteroatoms. The van der Waals surface area contributed by atoms with Crippen molar-refractivity contribution in [3.63, 3.8) is 0 Å². The fraction of sp³-hybridized carbons (Fsp3) is 0.417. The van der Waals surface area contributed by atoms with Crippen molar-refractivity contribution in [3.8, 4) is 0 Å². The van der Waals surface area contributed by atoms with Crippen LogP contribution in [0.15, 0.2) is 21.5 Å². The molecule has 1 aromatic carbocycles. The zero-order valence-corrected chi connectivity index (χ0v) is 13.7. The summed E-state index contributed by atoms with van der Waals surface area (Å²) in [7, 11) is -4.16. The summed E-state index contributed by atoms with van der Waals surface area (Å²) in [6.45, 7) is 2.66. The van der Waals surface area contributed by atoms with Crippen LogP contribution in [0.5, 0.6) is 0 Å². The Morgan fingerprint density at radius 3 is 2.57 bits per heavy atom. The van der Waals surface area contributed by atoms with Crippen molar-refractivity contribution in [1.82, 2.24) is 0 Å². The van der Waals surface area contributed by atoms with Crippen LogP contribution in [0, 0.1) is 5.82 Å². The van der Waals surface area contributed by atoms with Gasteiger partial charge in [-0.15, -0.1) is 0 Å². The van der Waals surface area contributed by atoms with Crippen LogP contribution in [0.4, 0.5) is 4.39 Å². The van der Waals surface area contributed by atoms with Gasteiger partial charge in [0.15, 0.2) is 0 Å². The molecule has 1 aromatic rings. The average Bonchev–Trinajstić information content (AvgIpc) is 2.39. The molecule has 2 N–H and O–H groups in total. The number of halogens is 2. The first-order valence-corrected chi connectivity index (χ1v) is 8.38. The van der Waals surface area contributed by atoms with Gasteiger partial charge in [-0.2, -0.15) is 0 Å². The molecule has 0 unspecified atom stereocenters. The number of benzene rings is 1. The van der Waals surface area contributed by atoms with E-state index in [1.165, 1.54) is 0 Å². The molecule has 0 bridgehead atoms. The fourth-order valence-corrected chi connectivity index (χ4v) is 3.14. The second-order valence-corrected chi connectivity index (χ2v) is 6.38. The maximum Gasteiger partial charge on any atom is 0.339 e. The number of carbonyl (C=O) groups excluding carboxylic acids is 1. The molecule has 0 saturated heterocycles. The Morgan fingerprint density at radius 2 is 2.00 bits per heavy atom. The van der Waals surface area contributed by atoms with Gasteiger partial charge in [0.1, 0.15) is 12.4 Å². The minimum absolute atomic E-state index is 0.0213. The summed E-state index contributed by atoms with van der Waals surface area (Å²) in [4.78, 5) is 11.3. The number of carbonyl (C=O) groups is 1. The van der Waals surface area contributed by atoms with Gasteiger partial charge in [-0.3, -0.25) is 0 Å². The predicted octanol–water partition coefficient (Wildman–Crippen LogP) is 1.82. The summed E-state index contributed by atoms with van der Waals surface area (Å²) in [6.07, 6.45) is 0.834. The Bertz CT molecular complexity index is 620. The van der Waals surface area contributed by atoms with E-state index in [1.807, 2.05) is 6.92 Å². The van der Waals surface area contributed by atoms with Gasteiger partial charge in [0.05, 0.1) is 21.5 Å². The molecule has 21 heavy (non-hydrogen) atoms. The number of sulfonamides is 1. The normalized spacial score (nSPS) is 11.4. The van der Waals surface area contributed by atoms with Gasteiger partial charge >= 0.3 is 5.97 Å². The van der Waals surface area contributed by atoms with E-state index in [1.54, 1.807) is 0 Å². The third kappa shape index (κ3) is 5.34. The lowest BCUT2D eigenvalue weighted by molar-refractivity contribution is 0.0317. The van der Waals surface area contributed by atoms with Crippen LogP contribution in [0.2, 0.25) is 0 Å². The van der Waals surface area contributed by atoms with Crippen LogP contribution in [0.3, 0.4) is 0 Å². The smallest absolute Gasteiger partial charge is 0.339 e. The molecular weight excluding hydrogens is 369 g/mol. The number of hydrogen-bond donors (Lipinski definition) is 1. The lowest BCUT2D eigenvalue weighted by Gasteiger charge is -2.09. The Labute approximate surface area is 130 Å². The first-order chi connectivity index (χ1) is 9.77. The third-order valence-corrected chi connectivity index (χ3v) is 4.39. The van der Waals surface area contributed by atoms with Crippen molar-refractivity contribution in [2.75, 3.05) is 19.8 Å². The molecule has 0 atom stereocenters. The minimum atomic E-state index is -4.16. The van der Waals surface area contributed by atoms with Gasteiger partial charge in [0, 0.05) is 6.61 Å². The summed E-state index contributed by atoms with van der Waals surface area (Å²) in [6, 6.07) is 1.59. The molecular formula is C12H15BrFNO5S. The van der Waals surface area contributed by atoms with Crippen molar-refractivity contribution < 1.29 is 27.1 Å². The summed E-state index contributed by atoms with van der Waals surface area (Å²) >= 11 is 2.93. The summed E-state index contributed by atoms with van der Waals surface area (Å²) in [5, 5.41) is 4.95. The second kappa shape index (κ2) is 7.83. The minimum Gasteiger partial charge on any atom is -0.460 e. The highest BCUT2D eigenvalue weighted by Crippen LogP contribution is 2.27. The first kappa shape index (κ1) is 18.0. The molecule has 0 saturated carbocycles. The van der Waals surface area contributed by atoms with Gasteiger partial charge in [-0.1, -0.05) is 6.92 Å². The Hall–Kier alpha value is -1.03. The highest BCUT2D eigenvalue weighted by atomic mass is 79.9. The standard InChI is InChI=1S/C12H15BrFNO5S/c1-2-3-19-4-5-20-12(16)9-6-8(14)7-10(11(9)13)21(15,17)18/h6-7H,2-5H2,1H3,(H2,15,17,18). The molecule has 0 aromatic heterocycles. The number of nitrogens with two attached hydrogens (primary N) is 1. The Balaban J connectivity index is 2.88. The lowest BCUT2D eigenvalue weighted by Crippen LogP contribution is -2.17. The molecule has 0 aliphatic carbocycles. The van der Waals surface area contributed by atoms with Crippen LogP contribution in [-0.4, -0.2) is 34.2 Å². The van der Waals surface area contributed by atoms with Gasteiger partial charge in [0.25, 0.3) is 0 Å². The van der Waals surface area contributed by atoms with Crippen molar-refractivity contribution in [2.24, 2.45) is 5.14 Å². The van der Waals surface area contributed by atoms with E-state index < -0.39 is 26.7 Å². The molecule has 0 radical (unpaired) electrons. The predicted molar refractivity (Wildman–Crippen MR) is 76.9 cm³/mol. The quantitative estimate of drug-likeness (QED) is 0.572. The highest BCUT2D eigenvalue weighted by molar-refractivity contribution is 9.10. The van der Waals surface area contributed by atoms with E-state index >= 15 is 0 Å². The van der Waals surface area contributed by atoms with Crippen molar-refractivity contribution in [2.45, 2.75) is 18.2 Å². The molecule has 0 aliphatic heterocycles. The van der Waals surface area contributed by atoms with E-state index in [9.17, 15) is 17.6 Å². The molecule has 118 valence electrons. The maximum atomic E-state index is 13.4. The van der Waals surface area contributed by atoms with Gasteiger partial charge in [0.2, 0.25) is 10.0 Å². The Kier molecular flexibility index (Phi) is 6.72. The molecule has 6 nitrogen and oxygen atoms in total. The summed E-state index contributed by atoms with van der Waals surface area (Å²) in [5.74, 6) is -1.78. The number of rotatable bonds is 7. The van der Waals surface area contributed by atoms with E-state index in [4.69, 9.17) is 14.6 Å². The lowest BCUT2D eigenvalue weighted by atomic mass is 10.2. The molecule has 0 aliphatic rings. The first-order valence-electron chi connectivity index (χ1n) is 6.04. The van der Waals surface area contributed by atoms with Crippen LogP contribution < -0.4 is 5.14 Å². The average molecular weight is 384 g/mol. The van der Waals surface area contributed by atoms with Crippen LogP contribution in [0.25, 0.3) is 0 Å². The Morgan fingerprint density at radius 1 is 1.33 bits per heavy atom. The van der Waals surface area contributed by atoms with Gasteiger partial charge < -0.3 is 9.47 Å². The topological polar surface area (TPSA) is 95.7 Å². The van der Waals surface area contributed by atoms with E-state index in [0.29, 0.717) is 6.61 Å². The number of primary sulfonamides is 1. The van der Waals surface area contributed by atoms with Gasteiger partial charge in [-0.05, 0) is 34.5 Å². The SMILES string of the molecule is CCCOCCOC(=O)c1cc(F)cc(S(N)(=O)=O)c1Br. The summed E-state index contributed by atoms with van der Waals surface area (Å²) in [5.41, 5.74) is -0.255. The van der Waals surface area contributed by atoms with Crippen molar-refractivity contribution in [3.05, 3.63) is 28.0 Å². The zero-order valence-electron chi connectivity index (χ0n) is 11.3. The summed E-state index contributed by atoms with van der Waals surface area (Å²) < 4.78 is 45.9. The van der Waals surface area contributed by atoms with Crippen LogP contribution in [-0.2, 0) is 19.5 Å². The third-order valence-electron chi connectivity index (χ3n) is 2.34. The number of esters is 1. The molecule has 0 fully saturated rings. The number of ether oxygens (including phenoxy) is 2. The maximum absolute atomic E-state index is 13.4. The van der Waals surface area contributed by atoms with Gasteiger partial charge in [-0.25, -0.2) is 22.7 Å². The highest BCUT2D eigenvalue weighted by Gasteiger charge is 2.22. The van der Waals surface area contributed by atoms with Crippen molar-refractivity contribution >= 4 is 31.9 Å². The molecule has 1 rings (SSSR count). The monoisotopic (exact) mass is 383 g/mol.